The number of halogens is 1. The Morgan fingerprint density at radius 2 is 1.84 bits per heavy atom. The molecule has 31 heavy (non-hydrogen) atoms. The van der Waals surface area contributed by atoms with E-state index in [2.05, 4.69) is 10.6 Å². The Morgan fingerprint density at radius 3 is 2.48 bits per heavy atom. The molecule has 1 unspecified atom stereocenters. The van der Waals surface area contributed by atoms with E-state index in [0.29, 0.717) is 35.1 Å². The first-order chi connectivity index (χ1) is 14.5. The first-order valence-electron chi connectivity index (χ1n) is 11.0. The zero-order chi connectivity index (χ0) is 22.6. The molecular formula is C23H31ClN2O5. The molecule has 0 spiro atoms. The number of alkyl carbamates (subject to hydrolysis) is 1. The van der Waals surface area contributed by atoms with Gasteiger partial charge in [0.15, 0.2) is 11.5 Å². The number of carbonyl (C=O) groups excluding carboxylic acids is 2. The predicted octanol–water partition coefficient (Wildman–Crippen LogP) is 4.51. The number of amides is 2. The summed E-state index contributed by atoms with van der Waals surface area (Å²) in [5.74, 6) is 0.280. The van der Waals surface area contributed by atoms with Gasteiger partial charge in [-0.3, -0.25) is 4.79 Å². The van der Waals surface area contributed by atoms with Gasteiger partial charge in [-0.05, 0) is 65.4 Å². The maximum Gasteiger partial charge on any atom is 0.407 e. The summed E-state index contributed by atoms with van der Waals surface area (Å²) in [5, 5.41) is 6.33. The smallest absolute Gasteiger partial charge is 0.407 e. The molecule has 0 bridgehead atoms. The number of ether oxygens (including phenoxy) is 3. The predicted molar refractivity (Wildman–Crippen MR) is 117 cm³/mol. The van der Waals surface area contributed by atoms with Crippen molar-refractivity contribution in [1.29, 1.82) is 0 Å². The Labute approximate surface area is 188 Å². The summed E-state index contributed by atoms with van der Waals surface area (Å²) in [4.78, 5) is 24.5. The van der Waals surface area contributed by atoms with Gasteiger partial charge in [0.2, 0.25) is 0 Å². The Kier molecular flexibility index (Phi) is 5.53. The fraction of sp³-hybridized carbons (Fsp3) is 0.652. The van der Waals surface area contributed by atoms with Gasteiger partial charge in [0.05, 0.1) is 10.6 Å². The number of fused-ring (bicyclic) bond motifs is 2. The molecule has 2 N–H and O–H groups in total. The van der Waals surface area contributed by atoms with Gasteiger partial charge in [-0.2, -0.15) is 0 Å². The van der Waals surface area contributed by atoms with Gasteiger partial charge in [-0.1, -0.05) is 11.6 Å². The van der Waals surface area contributed by atoms with Crippen LogP contribution in [0.2, 0.25) is 5.02 Å². The van der Waals surface area contributed by atoms with Crippen molar-refractivity contribution in [2.24, 2.45) is 5.92 Å². The quantitative estimate of drug-likeness (QED) is 0.692. The molecule has 7 nitrogen and oxygen atoms in total. The van der Waals surface area contributed by atoms with Crippen molar-refractivity contribution in [3.63, 3.8) is 0 Å². The molecule has 170 valence electrons. The number of benzene rings is 1. The third kappa shape index (κ3) is 4.16. The number of carbonyl (C=O) groups is 2. The second-order valence-electron chi connectivity index (χ2n) is 9.87. The van der Waals surface area contributed by atoms with Crippen molar-refractivity contribution in [2.75, 3.05) is 6.54 Å². The highest BCUT2D eigenvalue weighted by Gasteiger charge is 2.48. The largest absolute Gasteiger partial charge is 0.448 e. The van der Waals surface area contributed by atoms with Gasteiger partial charge in [-0.25, -0.2) is 4.79 Å². The van der Waals surface area contributed by atoms with Gasteiger partial charge in [0.25, 0.3) is 11.7 Å². The molecule has 3 aliphatic rings. The van der Waals surface area contributed by atoms with Crippen LogP contribution in [0.1, 0.15) is 74.9 Å². The van der Waals surface area contributed by atoms with Gasteiger partial charge >= 0.3 is 6.09 Å². The summed E-state index contributed by atoms with van der Waals surface area (Å²) < 4.78 is 18.0. The molecule has 8 heteroatoms. The van der Waals surface area contributed by atoms with Crippen LogP contribution in [0, 0.1) is 12.8 Å². The van der Waals surface area contributed by atoms with Crippen LogP contribution in [0.15, 0.2) is 0 Å². The molecule has 4 rings (SSSR count). The number of nitrogens with one attached hydrogen (secondary N) is 2. The van der Waals surface area contributed by atoms with Crippen LogP contribution in [-0.2, 0) is 11.2 Å². The molecular weight excluding hydrogens is 420 g/mol. The van der Waals surface area contributed by atoms with E-state index in [1.54, 1.807) is 0 Å². The van der Waals surface area contributed by atoms with E-state index in [0.717, 1.165) is 36.8 Å². The van der Waals surface area contributed by atoms with Crippen LogP contribution in [-0.4, -0.2) is 36.0 Å². The van der Waals surface area contributed by atoms with E-state index < -0.39 is 11.4 Å². The zero-order valence-corrected chi connectivity index (χ0v) is 19.6. The first kappa shape index (κ1) is 22.1. The summed E-state index contributed by atoms with van der Waals surface area (Å²) in [6, 6.07) is 0.0693. The lowest BCUT2D eigenvalue weighted by atomic mass is 9.81. The van der Waals surface area contributed by atoms with Crippen LogP contribution in [0.5, 0.6) is 11.5 Å². The minimum atomic E-state index is -0.853. The Morgan fingerprint density at radius 1 is 1.19 bits per heavy atom. The summed E-state index contributed by atoms with van der Waals surface area (Å²) in [6.07, 6.45) is 3.59. The molecule has 2 aliphatic heterocycles. The molecule has 2 heterocycles. The number of hydrogen-bond acceptors (Lipinski definition) is 5. The first-order valence-corrected chi connectivity index (χ1v) is 11.4. The molecule has 0 radical (unpaired) electrons. The van der Waals surface area contributed by atoms with Gasteiger partial charge < -0.3 is 24.8 Å². The van der Waals surface area contributed by atoms with Gasteiger partial charge in [0, 0.05) is 31.0 Å². The lowest BCUT2D eigenvalue weighted by Gasteiger charge is -2.37. The summed E-state index contributed by atoms with van der Waals surface area (Å²) in [5.41, 5.74) is 1.70. The van der Waals surface area contributed by atoms with Crippen LogP contribution in [0.25, 0.3) is 0 Å². The maximum atomic E-state index is 12.4. The van der Waals surface area contributed by atoms with Gasteiger partial charge in [-0.15, -0.1) is 0 Å². The van der Waals surface area contributed by atoms with E-state index in [-0.39, 0.29) is 24.0 Å². The van der Waals surface area contributed by atoms with E-state index in [9.17, 15) is 9.59 Å². The molecule has 1 atom stereocenters. The van der Waals surface area contributed by atoms with Crippen LogP contribution in [0.3, 0.4) is 0 Å². The molecule has 0 saturated heterocycles. The lowest BCUT2D eigenvalue weighted by Crippen LogP contribution is -2.48. The average Bonchev–Trinajstić information content (AvgIpc) is 3.04. The average molecular weight is 451 g/mol. The maximum absolute atomic E-state index is 12.4. The molecule has 1 aromatic carbocycles. The molecule has 0 aromatic heterocycles. The highest BCUT2D eigenvalue weighted by atomic mass is 35.5. The molecule has 1 aromatic rings. The third-order valence-electron chi connectivity index (χ3n) is 6.37. The second kappa shape index (κ2) is 7.76. The van der Waals surface area contributed by atoms with Crippen molar-refractivity contribution < 1.29 is 23.8 Å². The van der Waals surface area contributed by atoms with E-state index >= 15 is 0 Å². The molecule has 1 fully saturated rings. The van der Waals surface area contributed by atoms with E-state index in [1.807, 2.05) is 34.6 Å². The van der Waals surface area contributed by atoms with Crippen molar-refractivity contribution in [1.82, 2.24) is 10.6 Å². The van der Waals surface area contributed by atoms with E-state index in [4.69, 9.17) is 25.8 Å². The Balaban J connectivity index is 1.46. The van der Waals surface area contributed by atoms with Crippen molar-refractivity contribution in [3.8, 4) is 11.5 Å². The van der Waals surface area contributed by atoms with Crippen molar-refractivity contribution in [2.45, 2.75) is 84.2 Å². The number of hydrogen-bond donors (Lipinski definition) is 2. The minimum Gasteiger partial charge on any atom is -0.448 e. The minimum absolute atomic E-state index is 0.0693. The van der Waals surface area contributed by atoms with Crippen LogP contribution >= 0.6 is 11.6 Å². The fourth-order valence-electron chi connectivity index (χ4n) is 4.83. The van der Waals surface area contributed by atoms with Crippen LogP contribution < -0.4 is 20.1 Å². The monoisotopic (exact) mass is 450 g/mol. The van der Waals surface area contributed by atoms with Gasteiger partial charge in [0.1, 0.15) is 5.60 Å². The summed E-state index contributed by atoms with van der Waals surface area (Å²) in [7, 11) is 0. The molecule has 2 amide bonds. The van der Waals surface area contributed by atoms with E-state index in [1.165, 1.54) is 0 Å². The topological polar surface area (TPSA) is 85.9 Å². The van der Waals surface area contributed by atoms with Crippen molar-refractivity contribution in [3.05, 3.63) is 21.7 Å². The van der Waals surface area contributed by atoms with Crippen LogP contribution in [0.4, 0.5) is 4.79 Å². The Hall–Kier alpha value is -2.15. The standard InChI is InChI=1S/C23H31ClN2O5/c1-12-16-15(10-11-25-20(16)27)17(24)19-18(12)29-23(5,30-19)13-6-8-14(9-7-13)26-21(28)31-22(2,3)4/h13-14H,6-11H2,1-5H3,(H,25,27)(H,26,28)/t13-,14-,23?. The fourth-order valence-corrected chi connectivity index (χ4v) is 5.14. The molecule has 1 aliphatic carbocycles. The zero-order valence-electron chi connectivity index (χ0n) is 18.8. The number of rotatable bonds is 2. The van der Waals surface area contributed by atoms with Crippen molar-refractivity contribution >= 4 is 23.6 Å². The highest BCUT2D eigenvalue weighted by Crippen LogP contribution is 2.53. The second-order valence-corrected chi connectivity index (χ2v) is 10.2. The summed E-state index contributed by atoms with van der Waals surface area (Å²) >= 11 is 6.66. The summed E-state index contributed by atoms with van der Waals surface area (Å²) in [6.45, 7) is 9.95. The SMILES string of the molecule is Cc1c2c(c(Cl)c3c1C(=O)NCC3)OC(C)([C@H]1CC[C@H](NC(=O)OC(C)(C)C)CC1)O2. The third-order valence-corrected chi connectivity index (χ3v) is 6.77. The Bertz CT molecular complexity index is 918. The molecule has 1 saturated carbocycles. The normalized spacial score (nSPS) is 27.4. The lowest BCUT2D eigenvalue weighted by molar-refractivity contribution is -0.121. The highest BCUT2D eigenvalue weighted by molar-refractivity contribution is 6.34.